The molecule has 180 valence electrons. The van der Waals surface area contributed by atoms with Crippen LogP contribution in [-0.4, -0.2) is 15.4 Å². The molecule has 4 aromatic rings. The van der Waals surface area contributed by atoms with E-state index in [1.54, 1.807) is 12.1 Å². The molecule has 1 amide bonds. The SMILES string of the molecule is Cc1n(CCC(C(N)=O)(c2ccccc2)c2ccccc2)cc[n+]1Cc1ccc([N+](=O)[O-])cc1.[Br-]. The topological polar surface area (TPSA) is 95.0 Å². The van der Waals surface area contributed by atoms with Gasteiger partial charge in [-0.05, 0) is 28.8 Å². The molecule has 2 N–H and O–H groups in total. The number of primary amides is 1. The summed E-state index contributed by atoms with van der Waals surface area (Å²) in [5.41, 5.74) is 7.91. The zero-order chi connectivity index (χ0) is 24.1. The van der Waals surface area contributed by atoms with Crippen molar-refractivity contribution < 1.29 is 31.3 Å². The maximum atomic E-state index is 13.0. The van der Waals surface area contributed by atoms with E-state index < -0.39 is 10.3 Å². The van der Waals surface area contributed by atoms with E-state index in [4.69, 9.17) is 5.73 Å². The van der Waals surface area contributed by atoms with Crippen LogP contribution in [0, 0.1) is 17.0 Å². The zero-order valence-electron chi connectivity index (χ0n) is 19.4. The van der Waals surface area contributed by atoms with Gasteiger partial charge in [-0.1, -0.05) is 60.7 Å². The fourth-order valence-corrected chi connectivity index (χ4v) is 4.46. The second kappa shape index (κ2) is 11.1. The molecule has 0 aliphatic rings. The van der Waals surface area contributed by atoms with Crippen molar-refractivity contribution >= 4 is 11.6 Å². The van der Waals surface area contributed by atoms with Gasteiger partial charge in [0.05, 0.1) is 11.5 Å². The Morgan fingerprint density at radius 3 is 2.00 bits per heavy atom. The summed E-state index contributed by atoms with van der Waals surface area (Å²) < 4.78 is 4.19. The van der Waals surface area contributed by atoms with E-state index in [1.807, 2.05) is 80.0 Å². The van der Waals surface area contributed by atoms with Crippen LogP contribution < -0.4 is 27.3 Å². The van der Waals surface area contributed by atoms with Crippen molar-refractivity contribution in [3.05, 3.63) is 130 Å². The number of nitrogens with zero attached hydrogens (tertiary/aromatic N) is 3. The molecular weight excluding hydrogens is 508 g/mol. The molecule has 0 saturated heterocycles. The van der Waals surface area contributed by atoms with E-state index in [0.29, 0.717) is 19.5 Å². The normalized spacial score (nSPS) is 11.0. The van der Waals surface area contributed by atoms with Crippen LogP contribution in [0.4, 0.5) is 5.69 Å². The van der Waals surface area contributed by atoms with Crippen molar-refractivity contribution in [2.75, 3.05) is 0 Å². The number of nitro groups is 1. The van der Waals surface area contributed by atoms with Gasteiger partial charge in [0.1, 0.15) is 24.4 Å². The zero-order valence-corrected chi connectivity index (χ0v) is 21.0. The summed E-state index contributed by atoms with van der Waals surface area (Å²) in [7, 11) is 0. The van der Waals surface area contributed by atoms with Crippen molar-refractivity contribution in [3.63, 3.8) is 0 Å². The van der Waals surface area contributed by atoms with Crippen LogP contribution in [0.3, 0.4) is 0 Å². The minimum atomic E-state index is -0.956. The number of halogens is 1. The van der Waals surface area contributed by atoms with E-state index in [1.165, 1.54) is 12.1 Å². The van der Waals surface area contributed by atoms with Gasteiger partial charge in [-0.25, -0.2) is 9.13 Å². The van der Waals surface area contributed by atoms with E-state index in [0.717, 1.165) is 22.5 Å². The minimum Gasteiger partial charge on any atom is -1.00 e. The number of nitrogens with two attached hydrogens (primary N) is 1. The highest BCUT2D eigenvalue weighted by Gasteiger charge is 2.40. The summed E-state index contributed by atoms with van der Waals surface area (Å²) >= 11 is 0. The molecule has 0 bridgehead atoms. The number of carbonyl (C=O) groups is 1. The molecule has 7 nitrogen and oxygen atoms in total. The third-order valence-electron chi connectivity index (χ3n) is 6.44. The van der Waals surface area contributed by atoms with Crippen molar-refractivity contribution in [3.8, 4) is 0 Å². The lowest BCUT2D eigenvalue weighted by Gasteiger charge is -2.31. The molecular formula is C27H27BrN4O3. The molecule has 0 saturated carbocycles. The Labute approximate surface area is 214 Å². The van der Waals surface area contributed by atoms with E-state index in [-0.39, 0.29) is 28.6 Å². The van der Waals surface area contributed by atoms with Crippen LogP contribution in [0.1, 0.15) is 28.9 Å². The third-order valence-corrected chi connectivity index (χ3v) is 6.44. The summed E-state index contributed by atoms with van der Waals surface area (Å²) in [6.45, 7) is 3.20. The molecule has 3 aromatic carbocycles. The maximum Gasteiger partial charge on any atom is 0.269 e. The fraction of sp³-hybridized carbons (Fsp3) is 0.185. The predicted octanol–water partition coefficient (Wildman–Crippen LogP) is 0.906. The van der Waals surface area contributed by atoms with Crippen LogP contribution in [0.5, 0.6) is 0 Å². The Morgan fingerprint density at radius 1 is 0.971 bits per heavy atom. The lowest BCUT2D eigenvalue weighted by molar-refractivity contribution is -0.694. The highest BCUT2D eigenvalue weighted by Crippen LogP contribution is 2.36. The monoisotopic (exact) mass is 534 g/mol. The van der Waals surface area contributed by atoms with Crippen molar-refractivity contribution in [2.24, 2.45) is 5.73 Å². The highest BCUT2D eigenvalue weighted by atomic mass is 79.9. The molecule has 1 aromatic heterocycles. The number of hydrogen-bond acceptors (Lipinski definition) is 3. The molecule has 0 aliphatic heterocycles. The van der Waals surface area contributed by atoms with Gasteiger partial charge in [0.25, 0.3) is 11.5 Å². The molecule has 1 heterocycles. The van der Waals surface area contributed by atoms with Gasteiger partial charge < -0.3 is 22.7 Å². The van der Waals surface area contributed by atoms with Gasteiger partial charge in [0, 0.05) is 25.5 Å². The first-order valence-electron chi connectivity index (χ1n) is 11.1. The third kappa shape index (κ3) is 5.33. The van der Waals surface area contributed by atoms with Crippen molar-refractivity contribution in [1.82, 2.24) is 4.57 Å². The number of aromatic nitrogens is 2. The molecule has 35 heavy (non-hydrogen) atoms. The van der Waals surface area contributed by atoms with Crippen LogP contribution >= 0.6 is 0 Å². The average Bonchev–Trinajstić information content (AvgIpc) is 3.20. The van der Waals surface area contributed by atoms with Gasteiger partial charge in [-0.15, -0.1) is 0 Å². The van der Waals surface area contributed by atoms with Crippen molar-refractivity contribution in [2.45, 2.75) is 31.8 Å². The van der Waals surface area contributed by atoms with Crippen LogP contribution in [0.2, 0.25) is 0 Å². The predicted molar refractivity (Wildman–Crippen MR) is 129 cm³/mol. The first-order valence-corrected chi connectivity index (χ1v) is 11.1. The Morgan fingerprint density at radius 2 is 1.51 bits per heavy atom. The van der Waals surface area contributed by atoms with E-state index in [2.05, 4.69) is 9.13 Å². The highest BCUT2D eigenvalue weighted by molar-refractivity contribution is 5.90. The second-order valence-electron chi connectivity index (χ2n) is 8.34. The number of hydrogen-bond donors (Lipinski definition) is 1. The quantitative estimate of drug-likeness (QED) is 0.196. The first-order chi connectivity index (χ1) is 16.4. The number of aryl methyl sites for hydroxylation is 1. The van der Waals surface area contributed by atoms with Gasteiger partial charge in [0.2, 0.25) is 5.91 Å². The lowest BCUT2D eigenvalue weighted by Crippen LogP contribution is -3.00. The Balaban J connectivity index is 0.00000342. The molecule has 0 unspecified atom stereocenters. The average molecular weight is 535 g/mol. The fourth-order valence-electron chi connectivity index (χ4n) is 4.46. The maximum absolute atomic E-state index is 13.0. The van der Waals surface area contributed by atoms with Gasteiger partial charge in [-0.2, -0.15) is 0 Å². The molecule has 0 aliphatic carbocycles. The summed E-state index contributed by atoms with van der Waals surface area (Å²) in [6.07, 6.45) is 4.47. The summed E-state index contributed by atoms with van der Waals surface area (Å²) in [5, 5.41) is 10.9. The Hall–Kier alpha value is -3.78. The van der Waals surface area contributed by atoms with Crippen LogP contribution in [0.25, 0.3) is 0 Å². The minimum absolute atomic E-state index is 0. The number of amides is 1. The number of benzene rings is 3. The first kappa shape index (κ1) is 25.8. The van der Waals surface area contributed by atoms with Crippen LogP contribution in [-0.2, 0) is 23.3 Å². The van der Waals surface area contributed by atoms with Gasteiger partial charge in [0.15, 0.2) is 0 Å². The number of carbonyl (C=O) groups excluding carboxylic acids is 1. The van der Waals surface area contributed by atoms with Gasteiger partial charge >= 0.3 is 0 Å². The molecule has 0 spiro atoms. The van der Waals surface area contributed by atoms with Gasteiger partial charge in [-0.3, -0.25) is 14.9 Å². The summed E-state index contributed by atoms with van der Waals surface area (Å²) in [4.78, 5) is 23.5. The number of imidazole rings is 1. The largest absolute Gasteiger partial charge is 1.00 e. The second-order valence-corrected chi connectivity index (χ2v) is 8.34. The Kier molecular flexibility index (Phi) is 8.19. The molecule has 0 atom stereocenters. The number of non-ortho nitro benzene ring substituents is 1. The number of rotatable bonds is 9. The van der Waals surface area contributed by atoms with E-state index >= 15 is 0 Å². The molecule has 8 heteroatoms. The van der Waals surface area contributed by atoms with Crippen molar-refractivity contribution in [1.29, 1.82) is 0 Å². The number of nitro benzene ring substituents is 1. The molecule has 0 radical (unpaired) electrons. The smallest absolute Gasteiger partial charge is 0.269 e. The lowest BCUT2D eigenvalue weighted by atomic mass is 9.71. The van der Waals surface area contributed by atoms with E-state index in [9.17, 15) is 14.9 Å². The standard InChI is InChI=1S/C27H26N4O3.BrH/c1-21-29(18-19-30(21)20-22-12-14-25(15-13-22)31(33)34)17-16-27(26(28)32,23-8-4-2-5-9-23)24-10-6-3-7-11-24;/h2-15,18-19H,16-17,20H2,1H3,(H-,28,32);1H. The summed E-state index contributed by atoms with van der Waals surface area (Å²) in [6, 6.07) is 25.9. The molecule has 4 rings (SSSR count). The van der Waals surface area contributed by atoms with Crippen LogP contribution in [0.15, 0.2) is 97.3 Å². The Bertz CT molecular complexity index is 1250. The summed E-state index contributed by atoms with van der Waals surface area (Å²) in [5.74, 6) is 0.631. The molecule has 0 fully saturated rings.